The van der Waals surface area contributed by atoms with Crippen molar-refractivity contribution in [3.05, 3.63) is 35.6 Å². The molecule has 0 bridgehead atoms. The van der Waals surface area contributed by atoms with Crippen LogP contribution in [0.5, 0.6) is 0 Å². The van der Waals surface area contributed by atoms with Crippen molar-refractivity contribution in [1.82, 2.24) is 0 Å². The minimum atomic E-state index is -0.524. The number of hydrogen-bond donors (Lipinski definition) is 2. The fourth-order valence-electron chi connectivity index (χ4n) is 1.16. The summed E-state index contributed by atoms with van der Waals surface area (Å²) in [6.07, 6.45) is 0.880. The van der Waals surface area contributed by atoms with Crippen LogP contribution in [0.25, 0.3) is 0 Å². The van der Waals surface area contributed by atoms with Gasteiger partial charge in [0.1, 0.15) is 5.82 Å². The Balaban J connectivity index is 2.55. The van der Waals surface area contributed by atoms with E-state index in [0.717, 1.165) is 12.0 Å². The van der Waals surface area contributed by atoms with Crippen LogP contribution in [0.3, 0.4) is 0 Å². The first kappa shape index (κ1) is 10.2. The van der Waals surface area contributed by atoms with Crippen LogP contribution in [0.1, 0.15) is 24.5 Å². The van der Waals surface area contributed by atoms with Gasteiger partial charge in [-0.25, -0.2) is 4.39 Å². The molecule has 0 saturated heterocycles. The lowest BCUT2D eigenvalue weighted by molar-refractivity contribution is 0.165. The van der Waals surface area contributed by atoms with Crippen LogP contribution in [0, 0.1) is 5.82 Å². The van der Waals surface area contributed by atoms with Crippen molar-refractivity contribution < 1.29 is 9.50 Å². The molecule has 72 valence electrons. The molecule has 0 aliphatic heterocycles. The quantitative estimate of drug-likeness (QED) is 0.744. The SMILES string of the molecule is NCCC[C@@H](O)c1ccc(F)cc1. The maximum atomic E-state index is 12.5. The van der Waals surface area contributed by atoms with Gasteiger partial charge in [-0.3, -0.25) is 0 Å². The van der Waals surface area contributed by atoms with E-state index in [2.05, 4.69) is 0 Å². The van der Waals surface area contributed by atoms with E-state index < -0.39 is 6.10 Å². The maximum absolute atomic E-state index is 12.5. The molecule has 0 radical (unpaired) electrons. The van der Waals surface area contributed by atoms with Gasteiger partial charge in [-0.1, -0.05) is 12.1 Å². The molecule has 2 nitrogen and oxygen atoms in total. The largest absolute Gasteiger partial charge is 0.388 e. The zero-order valence-electron chi connectivity index (χ0n) is 7.41. The van der Waals surface area contributed by atoms with Crippen LogP contribution >= 0.6 is 0 Å². The Hall–Kier alpha value is -0.930. The number of rotatable bonds is 4. The van der Waals surface area contributed by atoms with Crippen LogP contribution < -0.4 is 5.73 Å². The fraction of sp³-hybridized carbons (Fsp3) is 0.400. The summed E-state index contributed by atoms with van der Waals surface area (Å²) in [4.78, 5) is 0. The third kappa shape index (κ3) is 3.13. The highest BCUT2D eigenvalue weighted by molar-refractivity contribution is 5.18. The summed E-state index contributed by atoms with van der Waals surface area (Å²) in [6, 6.07) is 5.88. The fourth-order valence-corrected chi connectivity index (χ4v) is 1.16. The minimum Gasteiger partial charge on any atom is -0.388 e. The molecule has 13 heavy (non-hydrogen) atoms. The third-order valence-corrected chi connectivity index (χ3v) is 1.94. The second-order valence-electron chi connectivity index (χ2n) is 3.00. The van der Waals surface area contributed by atoms with E-state index >= 15 is 0 Å². The van der Waals surface area contributed by atoms with Crippen molar-refractivity contribution >= 4 is 0 Å². The predicted molar refractivity (Wildman–Crippen MR) is 49.6 cm³/mol. The lowest BCUT2D eigenvalue weighted by Gasteiger charge is -2.09. The molecule has 0 fully saturated rings. The molecule has 0 amide bonds. The monoisotopic (exact) mass is 183 g/mol. The van der Waals surface area contributed by atoms with Crippen molar-refractivity contribution in [1.29, 1.82) is 0 Å². The number of aliphatic hydroxyl groups excluding tert-OH is 1. The summed E-state index contributed by atoms with van der Waals surface area (Å²) in [5, 5.41) is 9.56. The molecule has 0 aromatic heterocycles. The van der Waals surface area contributed by atoms with Crippen molar-refractivity contribution in [3.8, 4) is 0 Å². The van der Waals surface area contributed by atoms with Crippen molar-refractivity contribution in [2.24, 2.45) is 5.73 Å². The first-order valence-electron chi connectivity index (χ1n) is 4.37. The van der Waals surface area contributed by atoms with Crippen LogP contribution in [-0.4, -0.2) is 11.7 Å². The van der Waals surface area contributed by atoms with Crippen LogP contribution in [0.2, 0.25) is 0 Å². The van der Waals surface area contributed by atoms with Gasteiger partial charge < -0.3 is 10.8 Å². The number of halogens is 1. The standard InChI is InChI=1S/C10H14FNO/c11-9-5-3-8(4-6-9)10(13)2-1-7-12/h3-6,10,13H,1-2,7,12H2/t10-/m1/s1. The molecule has 0 aliphatic carbocycles. The lowest BCUT2D eigenvalue weighted by Crippen LogP contribution is -2.03. The molecule has 0 spiro atoms. The molecule has 0 aliphatic rings. The number of nitrogens with two attached hydrogens (primary N) is 1. The number of benzene rings is 1. The second kappa shape index (κ2) is 4.94. The first-order valence-corrected chi connectivity index (χ1v) is 4.37. The van der Waals surface area contributed by atoms with E-state index in [1.807, 2.05) is 0 Å². The van der Waals surface area contributed by atoms with Gasteiger partial charge in [-0.15, -0.1) is 0 Å². The molecule has 0 heterocycles. The van der Waals surface area contributed by atoms with Gasteiger partial charge in [0.05, 0.1) is 6.10 Å². The molecular weight excluding hydrogens is 169 g/mol. The van der Waals surface area contributed by atoms with E-state index in [9.17, 15) is 9.50 Å². The summed E-state index contributed by atoms with van der Waals surface area (Å²) in [6.45, 7) is 0.568. The van der Waals surface area contributed by atoms with Gasteiger partial charge in [0.25, 0.3) is 0 Å². The zero-order valence-corrected chi connectivity index (χ0v) is 7.41. The summed E-state index contributed by atoms with van der Waals surface area (Å²) in [5.41, 5.74) is 6.05. The molecular formula is C10H14FNO. The molecule has 1 aromatic rings. The van der Waals surface area contributed by atoms with Crippen molar-refractivity contribution in [2.75, 3.05) is 6.54 Å². The molecule has 3 N–H and O–H groups in total. The van der Waals surface area contributed by atoms with Crippen LogP contribution in [0.4, 0.5) is 4.39 Å². The summed E-state index contributed by atoms with van der Waals surface area (Å²) < 4.78 is 12.5. The molecule has 0 saturated carbocycles. The van der Waals surface area contributed by atoms with Gasteiger partial charge >= 0.3 is 0 Å². The Bertz CT molecular complexity index is 248. The molecule has 1 rings (SSSR count). The highest BCUT2D eigenvalue weighted by Gasteiger charge is 2.05. The van der Waals surface area contributed by atoms with Gasteiger partial charge in [0, 0.05) is 0 Å². The smallest absolute Gasteiger partial charge is 0.123 e. The zero-order chi connectivity index (χ0) is 9.68. The Morgan fingerprint density at radius 1 is 1.31 bits per heavy atom. The Morgan fingerprint density at radius 2 is 1.92 bits per heavy atom. The average molecular weight is 183 g/mol. The second-order valence-corrected chi connectivity index (χ2v) is 3.00. The molecule has 0 unspecified atom stereocenters. The Kier molecular flexibility index (Phi) is 3.86. The van der Waals surface area contributed by atoms with Gasteiger partial charge in [-0.2, -0.15) is 0 Å². The average Bonchev–Trinajstić information content (AvgIpc) is 2.15. The van der Waals surface area contributed by atoms with Crippen LogP contribution in [0.15, 0.2) is 24.3 Å². The van der Waals surface area contributed by atoms with E-state index in [1.54, 1.807) is 12.1 Å². The highest BCUT2D eigenvalue weighted by atomic mass is 19.1. The normalized spacial score (nSPS) is 12.8. The Morgan fingerprint density at radius 3 is 2.46 bits per heavy atom. The van der Waals surface area contributed by atoms with E-state index in [0.29, 0.717) is 13.0 Å². The summed E-state index contributed by atoms with van der Waals surface area (Å²) in [5.74, 6) is -0.283. The third-order valence-electron chi connectivity index (χ3n) is 1.94. The maximum Gasteiger partial charge on any atom is 0.123 e. The molecule has 1 atom stereocenters. The number of aliphatic hydroxyl groups is 1. The van der Waals surface area contributed by atoms with Crippen molar-refractivity contribution in [2.45, 2.75) is 18.9 Å². The number of hydrogen-bond acceptors (Lipinski definition) is 2. The van der Waals surface area contributed by atoms with Gasteiger partial charge in [0.2, 0.25) is 0 Å². The van der Waals surface area contributed by atoms with Crippen LogP contribution in [-0.2, 0) is 0 Å². The first-order chi connectivity index (χ1) is 6.24. The van der Waals surface area contributed by atoms with E-state index in [1.165, 1.54) is 12.1 Å². The Labute approximate surface area is 77.2 Å². The van der Waals surface area contributed by atoms with E-state index in [4.69, 9.17) is 5.73 Å². The highest BCUT2D eigenvalue weighted by Crippen LogP contribution is 2.17. The van der Waals surface area contributed by atoms with E-state index in [-0.39, 0.29) is 5.82 Å². The molecule has 1 aromatic carbocycles. The minimum absolute atomic E-state index is 0.283. The predicted octanol–water partition coefficient (Wildman–Crippen LogP) is 1.60. The lowest BCUT2D eigenvalue weighted by atomic mass is 10.1. The van der Waals surface area contributed by atoms with Crippen molar-refractivity contribution in [3.63, 3.8) is 0 Å². The van der Waals surface area contributed by atoms with Gasteiger partial charge in [0.15, 0.2) is 0 Å². The van der Waals surface area contributed by atoms with Gasteiger partial charge in [-0.05, 0) is 37.1 Å². The summed E-state index contributed by atoms with van der Waals surface area (Å²) in [7, 11) is 0. The summed E-state index contributed by atoms with van der Waals surface area (Å²) >= 11 is 0. The topological polar surface area (TPSA) is 46.2 Å². The molecule has 3 heteroatoms.